The molecule has 0 radical (unpaired) electrons. The van der Waals surface area contributed by atoms with Crippen LogP contribution in [0.1, 0.15) is 32.0 Å². The van der Waals surface area contributed by atoms with Gasteiger partial charge in [-0.05, 0) is 32.4 Å². The van der Waals surface area contributed by atoms with E-state index in [9.17, 15) is 0 Å². The van der Waals surface area contributed by atoms with Gasteiger partial charge < -0.3 is 15.5 Å². The Morgan fingerprint density at radius 1 is 1.32 bits per heavy atom. The van der Waals surface area contributed by atoms with Crippen LogP contribution in [0.25, 0.3) is 0 Å². The highest BCUT2D eigenvalue weighted by atomic mass is 15.2. The highest BCUT2D eigenvalue weighted by Crippen LogP contribution is 2.14. The molecule has 2 N–H and O–H groups in total. The Kier molecular flexibility index (Phi) is 4.96. The maximum Gasteiger partial charge on any atom is 0.134 e. The van der Waals surface area contributed by atoms with Gasteiger partial charge in [-0.3, -0.25) is 0 Å². The third-order valence-corrected chi connectivity index (χ3v) is 3.59. The van der Waals surface area contributed by atoms with Gasteiger partial charge in [0.05, 0.1) is 0 Å². The fourth-order valence-corrected chi connectivity index (χ4v) is 2.45. The Labute approximate surface area is 115 Å². The lowest BCUT2D eigenvalue weighted by atomic mass is 10.3. The number of hydrogen-bond acceptors (Lipinski definition) is 5. The quantitative estimate of drug-likeness (QED) is 0.843. The number of anilines is 2. The zero-order valence-corrected chi connectivity index (χ0v) is 12.1. The van der Waals surface area contributed by atoms with Gasteiger partial charge in [-0.25, -0.2) is 9.97 Å². The van der Waals surface area contributed by atoms with Crippen LogP contribution in [0.3, 0.4) is 0 Å². The summed E-state index contributed by atoms with van der Waals surface area (Å²) in [5.41, 5.74) is 5.86. The summed E-state index contributed by atoms with van der Waals surface area (Å²) in [5, 5.41) is 0. The largest absolute Gasteiger partial charge is 0.384 e. The summed E-state index contributed by atoms with van der Waals surface area (Å²) in [5.74, 6) is 2.36. The van der Waals surface area contributed by atoms with E-state index in [4.69, 9.17) is 5.73 Å². The number of rotatable bonds is 6. The van der Waals surface area contributed by atoms with Crippen LogP contribution >= 0.6 is 0 Å². The second kappa shape index (κ2) is 6.70. The minimum atomic E-state index is 0.571. The van der Waals surface area contributed by atoms with Crippen molar-refractivity contribution in [2.45, 2.75) is 32.6 Å². The van der Waals surface area contributed by atoms with Crippen LogP contribution in [-0.2, 0) is 6.42 Å². The summed E-state index contributed by atoms with van der Waals surface area (Å²) in [4.78, 5) is 13.5. The highest BCUT2D eigenvalue weighted by Gasteiger charge is 2.13. The Bertz CT molecular complexity index is 401. The molecule has 1 saturated heterocycles. The van der Waals surface area contributed by atoms with Crippen molar-refractivity contribution in [3.05, 3.63) is 11.9 Å². The standard InChI is InChI=1S/C14H25N5/c1-3-6-13-16-12(15)11-14(17-13)18(2)9-10-19-7-4-5-8-19/h11H,3-10H2,1-2H3,(H2,15,16,17). The zero-order chi connectivity index (χ0) is 13.7. The predicted molar refractivity (Wildman–Crippen MR) is 79.4 cm³/mol. The fourth-order valence-electron chi connectivity index (χ4n) is 2.45. The molecule has 2 rings (SSSR count). The van der Waals surface area contributed by atoms with Crippen molar-refractivity contribution >= 4 is 11.6 Å². The Balaban J connectivity index is 1.94. The molecule has 1 fully saturated rings. The maximum absolute atomic E-state index is 5.86. The monoisotopic (exact) mass is 263 g/mol. The number of likely N-dealkylation sites (tertiary alicyclic amines) is 1. The van der Waals surface area contributed by atoms with Gasteiger partial charge in [0.1, 0.15) is 17.5 Å². The van der Waals surface area contributed by atoms with E-state index in [2.05, 4.69) is 33.7 Å². The number of nitrogens with zero attached hydrogens (tertiary/aromatic N) is 4. The molecule has 0 amide bonds. The van der Waals surface area contributed by atoms with E-state index in [0.717, 1.165) is 37.6 Å². The van der Waals surface area contributed by atoms with Crippen molar-refractivity contribution in [1.82, 2.24) is 14.9 Å². The first-order valence-corrected chi connectivity index (χ1v) is 7.26. The van der Waals surface area contributed by atoms with E-state index in [-0.39, 0.29) is 0 Å². The molecule has 0 spiro atoms. The summed E-state index contributed by atoms with van der Waals surface area (Å²) in [7, 11) is 2.08. The molecule has 5 nitrogen and oxygen atoms in total. The van der Waals surface area contributed by atoms with E-state index in [0.29, 0.717) is 5.82 Å². The minimum absolute atomic E-state index is 0.571. The van der Waals surface area contributed by atoms with Gasteiger partial charge in [-0.1, -0.05) is 6.92 Å². The number of likely N-dealkylation sites (N-methyl/N-ethyl adjacent to an activating group) is 1. The van der Waals surface area contributed by atoms with Crippen LogP contribution in [0.4, 0.5) is 11.6 Å². The van der Waals surface area contributed by atoms with Gasteiger partial charge in [0.25, 0.3) is 0 Å². The van der Waals surface area contributed by atoms with Crippen LogP contribution in [0.5, 0.6) is 0 Å². The second-order valence-corrected chi connectivity index (χ2v) is 5.29. The molecule has 0 atom stereocenters. The van der Waals surface area contributed by atoms with Gasteiger partial charge in [0.2, 0.25) is 0 Å². The molecule has 0 aliphatic carbocycles. The number of nitrogens with two attached hydrogens (primary N) is 1. The zero-order valence-electron chi connectivity index (χ0n) is 12.1. The second-order valence-electron chi connectivity index (χ2n) is 5.29. The molecule has 5 heteroatoms. The summed E-state index contributed by atoms with van der Waals surface area (Å²) in [6.07, 6.45) is 4.61. The lowest BCUT2D eigenvalue weighted by Crippen LogP contribution is -2.32. The molecule has 1 aromatic rings. The van der Waals surface area contributed by atoms with Crippen LogP contribution < -0.4 is 10.6 Å². The van der Waals surface area contributed by atoms with E-state index >= 15 is 0 Å². The summed E-state index contributed by atoms with van der Waals surface area (Å²) in [6.45, 7) is 6.69. The molecule has 1 aliphatic rings. The third-order valence-electron chi connectivity index (χ3n) is 3.59. The first kappa shape index (κ1) is 14.1. The summed E-state index contributed by atoms with van der Waals surface area (Å²) >= 11 is 0. The van der Waals surface area contributed by atoms with Gasteiger partial charge in [-0.2, -0.15) is 0 Å². The fraction of sp³-hybridized carbons (Fsp3) is 0.714. The SMILES string of the molecule is CCCc1nc(N)cc(N(C)CCN2CCCC2)n1. The summed E-state index contributed by atoms with van der Waals surface area (Å²) < 4.78 is 0. The molecule has 0 aromatic carbocycles. The van der Waals surface area contributed by atoms with Crippen molar-refractivity contribution in [1.29, 1.82) is 0 Å². The number of hydrogen-bond donors (Lipinski definition) is 1. The molecular formula is C14H25N5. The minimum Gasteiger partial charge on any atom is -0.384 e. The number of aromatic nitrogens is 2. The third kappa shape index (κ3) is 4.06. The van der Waals surface area contributed by atoms with Gasteiger partial charge in [0, 0.05) is 32.6 Å². The van der Waals surface area contributed by atoms with Crippen LogP contribution in [-0.4, -0.2) is 48.1 Å². The van der Waals surface area contributed by atoms with E-state index in [1.54, 1.807) is 0 Å². The molecule has 0 unspecified atom stereocenters. The Morgan fingerprint density at radius 2 is 2.05 bits per heavy atom. The molecule has 1 aliphatic heterocycles. The van der Waals surface area contributed by atoms with Crippen molar-refractivity contribution in [2.24, 2.45) is 0 Å². The molecule has 1 aromatic heterocycles. The van der Waals surface area contributed by atoms with Crippen LogP contribution in [0.15, 0.2) is 6.07 Å². The number of nitrogen functional groups attached to an aromatic ring is 1. The van der Waals surface area contributed by atoms with Crippen molar-refractivity contribution in [3.8, 4) is 0 Å². The van der Waals surface area contributed by atoms with E-state index < -0.39 is 0 Å². The van der Waals surface area contributed by atoms with Gasteiger partial charge in [0.15, 0.2) is 0 Å². The topological polar surface area (TPSA) is 58.3 Å². The van der Waals surface area contributed by atoms with Crippen molar-refractivity contribution < 1.29 is 0 Å². The van der Waals surface area contributed by atoms with Crippen molar-refractivity contribution in [2.75, 3.05) is 43.9 Å². The molecule has 0 bridgehead atoms. The lowest BCUT2D eigenvalue weighted by Gasteiger charge is -2.22. The van der Waals surface area contributed by atoms with Gasteiger partial charge >= 0.3 is 0 Å². The average Bonchev–Trinajstić information content (AvgIpc) is 2.88. The summed E-state index contributed by atoms with van der Waals surface area (Å²) in [6, 6.07) is 1.86. The first-order chi connectivity index (χ1) is 9.19. The predicted octanol–water partition coefficient (Wildman–Crippen LogP) is 1.54. The van der Waals surface area contributed by atoms with Crippen molar-refractivity contribution in [3.63, 3.8) is 0 Å². The maximum atomic E-state index is 5.86. The normalized spacial score (nSPS) is 15.9. The molecule has 19 heavy (non-hydrogen) atoms. The Morgan fingerprint density at radius 3 is 2.74 bits per heavy atom. The highest BCUT2D eigenvalue weighted by molar-refractivity contribution is 5.46. The average molecular weight is 263 g/mol. The van der Waals surface area contributed by atoms with E-state index in [1.165, 1.54) is 25.9 Å². The van der Waals surface area contributed by atoms with Crippen LogP contribution in [0, 0.1) is 0 Å². The molecule has 106 valence electrons. The van der Waals surface area contributed by atoms with Crippen LogP contribution in [0.2, 0.25) is 0 Å². The number of aryl methyl sites for hydroxylation is 1. The molecule has 2 heterocycles. The molecule has 0 saturated carbocycles. The Hall–Kier alpha value is -1.36. The smallest absolute Gasteiger partial charge is 0.134 e. The first-order valence-electron chi connectivity index (χ1n) is 7.26. The van der Waals surface area contributed by atoms with Gasteiger partial charge in [-0.15, -0.1) is 0 Å². The molecular weight excluding hydrogens is 238 g/mol. The lowest BCUT2D eigenvalue weighted by molar-refractivity contribution is 0.346. The van der Waals surface area contributed by atoms with E-state index in [1.807, 2.05) is 6.07 Å².